The number of anilines is 1. The van der Waals surface area contributed by atoms with Crippen molar-refractivity contribution < 1.29 is 8.42 Å². The molecule has 0 aliphatic carbocycles. The van der Waals surface area contributed by atoms with Crippen LogP contribution in [0.15, 0.2) is 52.5 Å². The van der Waals surface area contributed by atoms with Crippen molar-refractivity contribution >= 4 is 38.5 Å². The minimum atomic E-state index is -3.73. The maximum Gasteiger partial charge on any atom is 0.264 e. The maximum atomic E-state index is 12.5. The Hall–Kier alpha value is -2.06. The van der Waals surface area contributed by atoms with Gasteiger partial charge in [0, 0.05) is 5.39 Å². The van der Waals surface area contributed by atoms with Gasteiger partial charge in [-0.15, -0.1) is 5.10 Å². The average molecular weight is 320 g/mol. The Kier molecular flexibility index (Phi) is 3.56. The summed E-state index contributed by atoms with van der Waals surface area (Å²) in [5, 5.41) is 8.44. The quantitative estimate of drug-likeness (QED) is 0.721. The third-order valence-electron chi connectivity index (χ3n) is 2.92. The summed E-state index contributed by atoms with van der Waals surface area (Å²) in [6, 6.07) is 12.5. The topological polar surface area (TPSA) is 87.7 Å². The van der Waals surface area contributed by atoms with Crippen molar-refractivity contribution in [2.45, 2.75) is 10.1 Å². The standard InChI is InChI=1S/C13H12N4O2S2/c1-20-13-14-12(15-16-13)17-21(18,19)11-8-4-6-9-5-2-3-7-10(9)11/h2-8H,1H3,(H2,14,15,16,17). The molecule has 0 aliphatic rings. The van der Waals surface area contributed by atoms with E-state index in [0.717, 1.165) is 5.39 Å². The largest absolute Gasteiger partial charge is 0.264 e. The molecule has 2 N–H and O–H groups in total. The third-order valence-corrected chi connectivity index (χ3v) is 4.86. The number of hydrogen-bond acceptors (Lipinski definition) is 5. The molecular formula is C13H12N4O2S2. The van der Waals surface area contributed by atoms with Crippen LogP contribution in [0.3, 0.4) is 0 Å². The van der Waals surface area contributed by atoms with Crippen LogP contribution in [0, 0.1) is 0 Å². The van der Waals surface area contributed by atoms with Gasteiger partial charge in [0.1, 0.15) is 0 Å². The van der Waals surface area contributed by atoms with E-state index in [9.17, 15) is 8.42 Å². The lowest BCUT2D eigenvalue weighted by atomic mass is 10.1. The normalized spacial score (nSPS) is 11.7. The zero-order valence-electron chi connectivity index (χ0n) is 11.1. The van der Waals surface area contributed by atoms with Gasteiger partial charge < -0.3 is 0 Å². The number of benzene rings is 2. The van der Waals surface area contributed by atoms with Gasteiger partial charge in [0.15, 0.2) is 0 Å². The zero-order valence-corrected chi connectivity index (χ0v) is 12.7. The van der Waals surface area contributed by atoms with Crippen LogP contribution >= 0.6 is 11.8 Å². The van der Waals surface area contributed by atoms with Gasteiger partial charge in [-0.3, -0.25) is 0 Å². The fraction of sp³-hybridized carbons (Fsp3) is 0.0769. The highest BCUT2D eigenvalue weighted by molar-refractivity contribution is 7.98. The molecule has 2 aromatic carbocycles. The molecule has 0 spiro atoms. The molecule has 0 saturated heterocycles. The van der Waals surface area contributed by atoms with Crippen molar-refractivity contribution in [3.05, 3.63) is 42.5 Å². The van der Waals surface area contributed by atoms with Gasteiger partial charge in [-0.1, -0.05) is 48.2 Å². The molecule has 108 valence electrons. The van der Waals surface area contributed by atoms with E-state index in [0.29, 0.717) is 10.5 Å². The van der Waals surface area contributed by atoms with E-state index < -0.39 is 10.0 Å². The summed E-state index contributed by atoms with van der Waals surface area (Å²) in [4.78, 5) is 4.24. The Balaban J connectivity index is 2.04. The average Bonchev–Trinajstić information content (AvgIpc) is 2.93. The summed E-state index contributed by atoms with van der Waals surface area (Å²) in [5.74, 6) is 0.104. The zero-order chi connectivity index (χ0) is 14.9. The summed E-state index contributed by atoms with van der Waals surface area (Å²) in [6.07, 6.45) is 1.81. The number of aromatic nitrogens is 3. The van der Waals surface area contributed by atoms with Gasteiger partial charge in [-0.2, -0.15) is 4.98 Å². The van der Waals surface area contributed by atoms with E-state index in [2.05, 4.69) is 19.9 Å². The fourth-order valence-corrected chi connectivity index (χ4v) is 3.50. The molecular weight excluding hydrogens is 308 g/mol. The number of hydrogen-bond donors (Lipinski definition) is 2. The van der Waals surface area contributed by atoms with Crippen molar-refractivity contribution in [2.24, 2.45) is 0 Å². The van der Waals surface area contributed by atoms with Gasteiger partial charge in [0.2, 0.25) is 11.1 Å². The Labute approximate surface area is 126 Å². The molecule has 0 aliphatic heterocycles. The Morgan fingerprint density at radius 1 is 1.14 bits per heavy atom. The molecule has 3 rings (SSSR count). The molecule has 1 heterocycles. The summed E-state index contributed by atoms with van der Waals surface area (Å²) in [5.41, 5.74) is 0. The number of nitrogens with one attached hydrogen (secondary N) is 2. The van der Waals surface area contributed by atoms with Crippen molar-refractivity contribution in [1.82, 2.24) is 15.2 Å². The van der Waals surface area contributed by atoms with Crippen molar-refractivity contribution in [1.29, 1.82) is 0 Å². The van der Waals surface area contributed by atoms with Gasteiger partial charge in [-0.25, -0.2) is 18.2 Å². The number of nitrogens with zero attached hydrogens (tertiary/aromatic N) is 2. The molecule has 0 fully saturated rings. The summed E-state index contributed by atoms with van der Waals surface area (Å²) >= 11 is 1.33. The smallest absolute Gasteiger partial charge is 0.248 e. The molecule has 21 heavy (non-hydrogen) atoms. The summed E-state index contributed by atoms with van der Waals surface area (Å²) < 4.78 is 27.4. The third kappa shape index (κ3) is 2.72. The number of sulfonamides is 1. The first kappa shape index (κ1) is 13.9. The molecule has 0 amide bonds. The number of thioether (sulfide) groups is 1. The van der Waals surface area contributed by atoms with Gasteiger partial charge in [-0.05, 0) is 17.7 Å². The first-order valence-electron chi connectivity index (χ1n) is 6.07. The Morgan fingerprint density at radius 2 is 1.90 bits per heavy atom. The van der Waals surface area contributed by atoms with Crippen LogP contribution in [0.2, 0.25) is 0 Å². The summed E-state index contributed by atoms with van der Waals surface area (Å²) in [6.45, 7) is 0. The lowest BCUT2D eigenvalue weighted by Gasteiger charge is -2.08. The first-order valence-corrected chi connectivity index (χ1v) is 8.78. The van der Waals surface area contributed by atoms with Crippen LogP contribution in [0.4, 0.5) is 5.95 Å². The van der Waals surface area contributed by atoms with Crippen LogP contribution < -0.4 is 4.72 Å². The Bertz CT molecular complexity index is 885. The minimum Gasteiger partial charge on any atom is -0.248 e. The predicted octanol–water partition coefficient (Wildman–Crippen LogP) is 2.48. The van der Waals surface area contributed by atoms with Crippen LogP contribution in [0.1, 0.15) is 0 Å². The van der Waals surface area contributed by atoms with Gasteiger partial charge in [0.05, 0.1) is 4.90 Å². The molecule has 0 radical (unpaired) electrons. The van der Waals surface area contributed by atoms with E-state index in [1.807, 2.05) is 30.5 Å². The molecule has 0 saturated carbocycles. The van der Waals surface area contributed by atoms with Gasteiger partial charge in [0.25, 0.3) is 10.0 Å². The van der Waals surface area contributed by atoms with E-state index in [-0.39, 0.29) is 10.8 Å². The molecule has 8 heteroatoms. The fourth-order valence-electron chi connectivity index (χ4n) is 2.00. The van der Waals surface area contributed by atoms with Crippen molar-refractivity contribution in [3.8, 4) is 0 Å². The van der Waals surface area contributed by atoms with Crippen LogP contribution in [-0.2, 0) is 10.0 Å². The second-order valence-electron chi connectivity index (χ2n) is 4.25. The highest BCUT2D eigenvalue weighted by Crippen LogP contribution is 2.24. The number of fused-ring (bicyclic) bond motifs is 1. The SMILES string of the molecule is CSc1n[nH]c(NS(=O)(=O)c2cccc3ccccc23)n1. The van der Waals surface area contributed by atoms with Crippen LogP contribution in [0.5, 0.6) is 0 Å². The molecule has 3 aromatic rings. The van der Waals surface area contributed by atoms with E-state index in [4.69, 9.17) is 0 Å². The maximum absolute atomic E-state index is 12.5. The minimum absolute atomic E-state index is 0.104. The lowest BCUT2D eigenvalue weighted by molar-refractivity contribution is 0.601. The second-order valence-corrected chi connectivity index (χ2v) is 6.68. The highest BCUT2D eigenvalue weighted by Gasteiger charge is 2.18. The number of aromatic amines is 1. The highest BCUT2D eigenvalue weighted by atomic mass is 32.2. The monoisotopic (exact) mass is 320 g/mol. The molecule has 0 unspecified atom stereocenters. The lowest BCUT2D eigenvalue weighted by Crippen LogP contribution is -2.14. The predicted molar refractivity (Wildman–Crippen MR) is 82.9 cm³/mol. The van der Waals surface area contributed by atoms with Crippen LogP contribution in [0.25, 0.3) is 10.8 Å². The van der Waals surface area contributed by atoms with E-state index in [1.165, 1.54) is 11.8 Å². The molecule has 0 atom stereocenters. The first-order chi connectivity index (χ1) is 10.1. The van der Waals surface area contributed by atoms with Crippen molar-refractivity contribution in [2.75, 3.05) is 11.0 Å². The number of rotatable bonds is 4. The molecule has 6 nitrogen and oxygen atoms in total. The summed E-state index contributed by atoms with van der Waals surface area (Å²) in [7, 11) is -3.73. The van der Waals surface area contributed by atoms with E-state index >= 15 is 0 Å². The number of H-pyrrole nitrogens is 1. The molecule has 1 aromatic heterocycles. The second kappa shape index (κ2) is 5.38. The van der Waals surface area contributed by atoms with Crippen molar-refractivity contribution in [3.63, 3.8) is 0 Å². The molecule has 0 bridgehead atoms. The Morgan fingerprint density at radius 3 is 2.67 bits per heavy atom. The van der Waals surface area contributed by atoms with E-state index in [1.54, 1.807) is 18.2 Å². The van der Waals surface area contributed by atoms with Gasteiger partial charge >= 0.3 is 0 Å². The van der Waals surface area contributed by atoms with Crippen LogP contribution in [-0.4, -0.2) is 29.9 Å².